The summed E-state index contributed by atoms with van der Waals surface area (Å²) in [6, 6.07) is 9.62. The van der Waals surface area contributed by atoms with Gasteiger partial charge in [-0.3, -0.25) is 15.1 Å². The maximum absolute atomic E-state index is 10.9. The van der Waals surface area contributed by atoms with E-state index < -0.39 is 0 Å². The third-order valence-electron chi connectivity index (χ3n) is 3.14. The Hall–Kier alpha value is -2.46. The molecule has 0 saturated heterocycles. The molecule has 0 aromatic heterocycles. The highest BCUT2D eigenvalue weighted by molar-refractivity contribution is 6.10. The molecule has 0 saturated carbocycles. The molecule has 1 aromatic rings. The number of rotatable bonds is 3. The van der Waals surface area contributed by atoms with Crippen molar-refractivity contribution in [2.75, 3.05) is 0 Å². The SMILES string of the molecule is CC(=O)N=C1C=CC(=CN(O)C(C)c2ccccc2)C=C1. The average Bonchev–Trinajstić information content (AvgIpc) is 2.49. The van der Waals surface area contributed by atoms with Crippen molar-refractivity contribution in [1.82, 2.24) is 5.06 Å². The number of hydrogen-bond donors (Lipinski definition) is 1. The van der Waals surface area contributed by atoms with Crippen LogP contribution >= 0.6 is 0 Å². The highest BCUT2D eigenvalue weighted by Crippen LogP contribution is 2.20. The molecule has 1 atom stereocenters. The summed E-state index contributed by atoms with van der Waals surface area (Å²) in [5.41, 5.74) is 2.47. The zero-order valence-corrected chi connectivity index (χ0v) is 12.1. The molecule has 21 heavy (non-hydrogen) atoms. The van der Waals surface area contributed by atoms with E-state index in [2.05, 4.69) is 4.99 Å². The predicted molar refractivity (Wildman–Crippen MR) is 83.0 cm³/mol. The van der Waals surface area contributed by atoms with E-state index in [1.165, 1.54) is 12.0 Å². The number of nitrogens with zero attached hydrogens (tertiary/aromatic N) is 2. The molecule has 0 radical (unpaired) electrons. The molecule has 0 bridgehead atoms. The Balaban J connectivity index is 2.08. The fraction of sp³-hybridized carbons (Fsp3) is 0.176. The lowest BCUT2D eigenvalue weighted by Crippen LogP contribution is -2.17. The third-order valence-corrected chi connectivity index (χ3v) is 3.14. The minimum absolute atomic E-state index is 0.146. The van der Waals surface area contributed by atoms with E-state index in [1.807, 2.05) is 49.4 Å². The monoisotopic (exact) mass is 282 g/mol. The zero-order valence-electron chi connectivity index (χ0n) is 12.1. The fourth-order valence-corrected chi connectivity index (χ4v) is 1.97. The molecular weight excluding hydrogens is 264 g/mol. The van der Waals surface area contributed by atoms with Crippen LogP contribution in [-0.4, -0.2) is 21.9 Å². The number of carbonyl (C=O) groups excluding carboxylic acids is 1. The lowest BCUT2D eigenvalue weighted by Gasteiger charge is -2.22. The minimum Gasteiger partial charge on any atom is -0.288 e. The first-order chi connectivity index (χ1) is 10.1. The summed E-state index contributed by atoms with van der Waals surface area (Å²) in [6.45, 7) is 3.34. The Morgan fingerprint density at radius 1 is 1.19 bits per heavy atom. The second-order valence-corrected chi connectivity index (χ2v) is 4.82. The highest BCUT2D eigenvalue weighted by Gasteiger charge is 2.10. The topological polar surface area (TPSA) is 52.9 Å². The minimum atomic E-state index is -0.229. The summed E-state index contributed by atoms with van der Waals surface area (Å²) in [6.07, 6.45) is 8.75. The summed E-state index contributed by atoms with van der Waals surface area (Å²) in [5.74, 6) is -0.229. The van der Waals surface area contributed by atoms with Crippen LogP contribution in [0.25, 0.3) is 0 Å². The fourth-order valence-electron chi connectivity index (χ4n) is 1.97. The van der Waals surface area contributed by atoms with E-state index in [1.54, 1.807) is 18.4 Å². The molecule has 0 spiro atoms. The van der Waals surface area contributed by atoms with Crippen molar-refractivity contribution < 1.29 is 10.0 Å². The predicted octanol–water partition coefficient (Wildman–Crippen LogP) is 3.44. The second-order valence-electron chi connectivity index (χ2n) is 4.82. The summed E-state index contributed by atoms with van der Waals surface area (Å²) >= 11 is 0. The molecule has 4 heteroatoms. The molecule has 4 nitrogen and oxygen atoms in total. The van der Waals surface area contributed by atoms with Crippen molar-refractivity contribution in [2.24, 2.45) is 4.99 Å². The normalized spacial score (nSPS) is 14.8. The van der Waals surface area contributed by atoms with Crippen molar-refractivity contribution in [1.29, 1.82) is 0 Å². The van der Waals surface area contributed by atoms with Gasteiger partial charge < -0.3 is 0 Å². The smallest absolute Gasteiger partial charge is 0.243 e. The lowest BCUT2D eigenvalue weighted by atomic mass is 10.1. The highest BCUT2D eigenvalue weighted by atomic mass is 16.5. The third kappa shape index (κ3) is 4.26. The van der Waals surface area contributed by atoms with Crippen LogP contribution in [0.3, 0.4) is 0 Å². The van der Waals surface area contributed by atoms with Crippen molar-refractivity contribution in [3.05, 3.63) is 72.0 Å². The molecule has 1 aliphatic rings. The number of aliphatic imine (C=N–C) groups is 1. The number of hydroxylamine groups is 2. The van der Waals surface area contributed by atoms with Crippen LogP contribution in [0.15, 0.2) is 71.4 Å². The van der Waals surface area contributed by atoms with E-state index in [4.69, 9.17) is 0 Å². The summed E-state index contributed by atoms with van der Waals surface area (Å²) < 4.78 is 0. The van der Waals surface area contributed by atoms with Crippen LogP contribution in [0.4, 0.5) is 0 Å². The van der Waals surface area contributed by atoms with Crippen molar-refractivity contribution >= 4 is 11.6 Å². The molecule has 1 amide bonds. The molecule has 2 rings (SSSR count). The van der Waals surface area contributed by atoms with Gasteiger partial charge in [0.25, 0.3) is 0 Å². The average molecular weight is 282 g/mol. The van der Waals surface area contributed by atoms with Crippen LogP contribution in [0.1, 0.15) is 25.5 Å². The van der Waals surface area contributed by atoms with Gasteiger partial charge in [0.1, 0.15) is 0 Å². The molecule has 0 heterocycles. The maximum atomic E-state index is 10.9. The van der Waals surface area contributed by atoms with Crippen LogP contribution < -0.4 is 0 Å². The Kier molecular flexibility index (Phi) is 4.85. The molecule has 1 aliphatic carbocycles. The van der Waals surface area contributed by atoms with Gasteiger partial charge in [0.2, 0.25) is 5.91 Å². The Labute approximate surface area is 124 Å². The van der Waals surface area contributed by atoms with E-state index in [9.17, 15) is 10.0 Å². The standard InChI is InChI=1S/C17H18N2O2/c1-13(16-6-4-3-5-7-16)19(21)12-15-8-10-17(11-9-15)18-14(2)20/h3-13,21H,1-2H3. The largest absolute Gasteiger partial charge is 0.288 e. The Morgan fingerprint density at radius 2 is 1.81 bits per heavy atom. The Bertz CT molecular complexity index is 609. The van der Waals surface area contributed by atoms with Gasteiger partial charge in [-0.2, -0.15) is 0 Å². The van der Waals surface area contributed by atoms with Crippen molar-refractivity contribution in [3.63, 3.8) is 0 Å². The van der Waals surface area contributed by atoms with Gasteiger partial charge in [-0.05, 0) is 30.2 Å². The number of amides is 1. The molecular formula is C17H18N2O2. The van der Waals surface area contributed by atoms with Crippen LogP contribution in [0.2, 0.25) is 0 Å². The summed E-state index contributed by atoms with van der Waals surface area (Å²) in [4.78, 5) is 14.7. The van der Waals surface area contributed by atoms with Gasteiger partial charge >= 0.3 is 0 Å². The van der Waals surface area contributed by atoms with Gasteiger partial charge in [0.15, 0.2) is 0 Å². The first-order valence-electron chi connectivity index (χ1n) is 6.75. The lowest BCUT2D eigenvalue weighted by molar-refractivity contribution is -0.115. The molecule has 1 aromatic carbocycles. The molecule has 0 fully saturated rings. The molecule has 108 valence electrons. The van der Waals surface area contributed by atoms with E-state index in [-0.39, 0.29) is 11.9 Å². The van der Waals surface area contributed by atoms with Crippen LogP contribution in [-0.2, 0) is 4.79 Å². The first kappa shape index (κ1) is 14.9. The van der Waals surface area contributed by atoms with Gasteiger partial charge in [-0.25, -0.2) is 4.99 Å². The molecule has 1 N–H and O–H groups in total. The number of allylic oxidation sites excluding steroid dienone is 5. The van der Waals surface area contributed by atoms with Gasteiger partial charge in [0.05, 0.1) is 11.8 Å². The van der Waals surface area contributed by atoms with Crippen molar-refractivity contribution in [2.45, 2.75) is 19.9 Å². The van der Waals surface area contributed by atoms with Crippen LogP contribution in [0.5, 0.6) is 0 Å². The van der Waals surface area contributed by atoms with E-state index >= 15 is 0 Å². The van der Waals surface area contributed by atoms with E-state index in [0.717, 1.165) is 11.1 Å². The number of carbonyl (C=O) groups is 1. The summed E-state index contributed by atoms with van der Waals surface area (Å²) in [7, 11) is 0. The second kappa shape index (κ2) is 6.81. The van der Waals surface area contributed by atoms with Gasteiger partial charge in [0, 0.05) is 13.1 Å². The van der Waals surface area contributed by atoms with Crippen molar-refractivity contribution in [3.8, 4) is 0 Å². The first-order valence-corrected chi connectivity index (χ1v) is 6.75. The molecule has 1 unspecified atom stereocenters. The van der Waals surface area contributed by atoms with Gasteiger partial charge in [-0.1, -0.05) is 42.5 Å². The summed E-state index contributed by atoms with van der Waals surface area (Å²) in [5, 5.41) is 11.3. The van der Waals surface area contributed by atoms with Crippen LogP contribution in [0, 0.1) is 0 Å². The molecule has 0 aliphatic heterocycles. The maximum Gasteiger partial charge on any atom is 0.243 e. The van der Waals surface area contributed by atoms with Gasteiger partial charge in [-0.15, -0.1) is 0 Å². The Morgan fingerprint density at radius 3 is 2.38 bits per heavy atom. The number of hydrogen-bond acceptors (Lipinski definition) is 3. The zero-order chi connectivity index (χ0) is 15.2. The number of benzene rings is 1. The van der Waals surface area contributed by atoms with E-state index in [0.29, 0.717) is 5.71 Å². The quantitative estimate of drug-likeness (QED) is 0.864.